The highest BCUT2D eigenvalue weighted by atomic mass is 32.2. The molecule has 0 amide bonds. The Labute approximate surface area is 258 Å². The van der Waals surface area contributed by atoms with Crippen molar-refractivity contribution in [1.82, 2.24) is 4.58 Å². The SMILES string of the molecule is CCN(CC)c1ccc2c(-c3ccc(S(=O)(=O)Nc4ccccc4)cc3S(=O)(=O)[O-])c3ccc(=[N+](CC)CC)cc-3oc2c1. The van der Waals surface area contributed by atoms with Crippen molar-refractivity contribution in [3.63, 3.8) is 0 Å². The van der Waals surface area contributed by atoms with E-state index in [0.29, 0.717) is 33.5 Å². The van der Waals surface area contributed by atoms with Crippen molar-refractivity contribution in [1.29, 1.82) is 0 Å². The number of nitrogens with one attached hydrogen (secondary N) is 1. The number of para-hydroxylation sites is 1. The zero-order valence-corrected chi connectivity index (χ0v) is 26.7. The van der Waals surface area contributed by atoms with Crippen molar-refractivity contribution in [3.05, 3.63) is 90.3 Å². The molecular formula is C33H35N3O6S2. The zero-order valence-electron chi connectivity index (χ0n) is 25.1. The fourth-order valence-corrected chi connectivity index (χ4v) is 7.40. The lowest BCUT2D eigenvalue weighted by Gasteiger charge is -2.23. The molecule has 0 bridgehead atoms. The van der Waals surface area contributed by atoms with Crippen LogP contribution in [0.3, 0.4) is 0 Å². The second-order valence-electron chi connectivity index (χ2n) is 10.3. The van der Waals surface area contributed by atoms with Gasteiger partial charge >= 0.3 is 0 Å². The average Bonchev–Trinajstić information content (AvgIpc) is 3.00. The summed E-state index contributed by atoms with van der Waals surface area (Å²) in [4.78, 5) is 1.18. The normalized spacial score (nSPS) is 12.0. The van der Waals surface area contributed by atoms with Gasteiger partial charge in [-0.25, -0.2) is 21.4 Å². The second kappa shape index (κ2) is 12.4. The predicted octanol–water partition coefficient (Wildman–Crippen LogP) is 5.57. The smallest absolute Gasteiger partial charge is 0.261 e. The predicted molar refractivity (Wildman–Crippen MR) is 173 cm³/mol. The molecule has 230 valence electrons. The third-order valence-corrected chi connectivity index (χ3v) is 10.0. The van der Waals surface area contributed by atoms with Crippen LogP contribution >= 0.6 is 0 Å². The molecule has 1 N–H and O–H groups in total. The van der Waals surface area contributed by atoms with Gasteiger partial charge in [0.1, 0.15) is 34.6 Å². The van der Waals surface area contributed by atoms with E-state index < -0.39 is 25.0 Å². The van der Waals surface area contributed by atoms with E-state index >= 15 is 0 Å². The van der Waals surface area contributed by atoms with Gasteiger partial charge in [-0.3, -0.25) is 4.72 Å². The van der Waals surface area contributed by atoms with E-state index in [9.17, 15) is 21.4 Å². The largest absolute Gasteiger partial charge is 0.744 e. The van der Waals surface area contributed by atoms with Gasteiger partial charge < -0.3 is 13.9 Å². The molecule has 1 heterocycles. The molecule has 44 heavy (non-hydrogen) atoms. The van der Waals surface area contributed by atoms with E-state index in [4.69, 9.17) is 4.42 Å². The fourth-order valence-electron chi connectivity index (χ4n) is 5.53. The number of fused-ring (bicyclic) bond motifs is 2. The van der Waals surface area contributed by atoms with Crippen LogP contribution in [0.25, 0.3) is 33.4 Å². The van der Waals surface area contributed by atoms with Crippen molar-refractivity contribution >= 4 is 42.5 Å². The Kier molecular flexibility index (Phi) is 8.83. The molecule has 0 atom stereocenters. The molecule has 3 aromatic rings. The summed E-state index contributed by atoms with van der Waals surface area (Å²) in [5, 5.41) is 1.52. The van der Waals surface area contributed by atoms with Gasteiger partial charge in [-0.15, -0.1) is 0 Å². The summed E-state index contributed by atoms with van der Waals surface area (Å²) in [6.07, 6.45) is 0. The Morgan fingerprint density at radius 2 is 1.48 bits per heavy atom. The van der Waals surface area contributed by atoms with E-state index in [1.54, 1.807) is 30.3 Å². The summed E-state index contributed by atoms with van der Waals surface area (Å²) in [6.45, 7) is 11.3. The number of hydrogen-bond donors (Lipinski definition) is 1. The zero-order chi connectivity index (χ0) is 31.6. The van der Waals surface area contributed by atoms with Gasteiger partial charge in [-0.2, -0.15) is 0 Å². The van der Waals surface area contributed by atoms with Crippen LogP contribution in [0.5, 0.6) is 0 Å². The first-order valence-corrected chi connectivity index (χ1v) is 17.4. The Bertz CT molecular complexity index is 2080. The highest BCUT2D eigenvalue weighted by Gasteiger charge is 2.25. The van der Waals surface area contributed by atoms with Crippen LogP contribution in [0.2, 0.25) is 0 Å². The molecule has 0 saturated heterocycles. The standard InChI is InChI=1S/C33H35N3O6S2/c1-5-35(6-2)24-14-17-27-30(20-24)42-31-21-25(36(7-3)8-4)15-18-28(31)33(27)29-19-16-26(22-32(29)44(39,40)41)43(37,38)34-23-12-10-9-11-13-23/h9-22,34H,5-8H2,1-4H3. The van der Waals surface area contributed by atoms with Gasteiger partial charge in [0.25, 0.3) is 10.0 Å². The number of nitrogens with zero attached hydrogens (tertiary/aromatic N) is 2. The minimum Gasteiger partial charge on any atom is -0.744 e. The van der Waals surface area contributed by atoms with E-state index in [0.717, 1.165) is 43.3 Å². The van der Waals surface area contributed by atoms with Crippen molar-refractivity contribution in [3.8, 4) is 22.5 Å². The van der Waals surface area contributed by atoms with E-state index in [2.05, 4.69) is 41.9 Å². The summed E-state index contributed by atoms with van der Waals surface area (Å²) in [7, 11) is -9.33. The summed E-state index contributed by atoms with van der Waals surface area (Å²) in [6, 6.07) is 23.2. The van der Waals surface area contributed by atoms with Gasteiger partial charge in [-0.05, 0) is 70.2 Å². The molecule has 5 rings (SSSR count). The maximum absolute atomic E-state index is 13.2. The first kappa shape index (κ1) is 31.2. The number of sulfonamides is 1. The Hall–Kier alpha value is -4.19. The van der Waals surface area contributed by atoms with Crippen LogP contribution < -0.4 is 19.6 Å². The first-order valence-electron chi connectivity index (χ1n) is 14.5. The third-order valence-electron chi connectivity index (χ3n) is 7.77. The molecule has 0 saturated carbocycles. The summed E-state index contributed by atoms with van der Waals surface area (Å²) < 4.78 is 75.8. The number of anilines is 2. The maximum Gasteiger partial charge on any atom is 0.261 e. The number of rotatable bonds is 10. The molecule has 11 heteroatoms. The van der Waals surface area contributed by atoms with Gasteiger partial charge in [-0.1, -0.05) is 24.3 Å². The highest BCUT2D eigenvalue weighted by Crippen LogP contribution is 2.43. The van der Waals surface area contributed by atoms with E-state index in [1.807, 2.05) is 36.4 Å². The first-order chi connectivity index (χ1) is 21.0. The molecule has 3 aromatic carbocycles. The van der Waals surface area contributed by atoms with Crippen molar-refractivity contribution < 1.29 is 25.8 Å². The summed E-state index contributed by atoms with van der Waals surface area (Å²) in [5.41, 5.74) is 2.89. The quantitative estimate of drug-likeness (QED) is 0.121. The summed E-state index contributed by atoms with van der Waals surface area (Å²) in [5.74, 6) is 0.505. The highest BCUT2D eigenvalue weighted by molar-refractivity contribution is 7.92. The number of hydrogen-bond acceptors (Lipinski definition) is 7. The Balaban J connectivity index is 1.82. The lowest BCUT2D eigenvalue weighted by Crippen LogP contribution is -2.29. The van der Waals surface area contributed by atoms with Gasteiger partial charge in [0.05, 0.1) is 15.9 Å². The second-order valence-corrected chi connectivity index (χ2v) is 13.3. The molecule has 0 spiro atoms. The van der Waals surface area contributed by atoms with Crippen LogP contribution in [-0.4, -0.2) is 47.6 Å². The maximum atomic E-state index is 13.2. The summed E-state index contributed by atoms with van der Waals surface area (Å²) >= 11 is 0. The van der Waals surface area contributed by atoms with Crippen molar-refractivity contribution in [2.45, 2.75) is 37.5 Å². The Morgan fingerprint density at radius 3 is 2.11 bits per heavy atom. The molecule has 0 radical (unpaired) electrons. The molecular weight excluding hydrogens is 599 g/mol. The molecule has 1 aliphatic heterocycles. The van der Waals surface area contributed by atoms with Gasteiger partial charge in [0.15, 0.2) is 0 Å². The lowest BCUT2D eigenvalue weighted by molar-refractivity contribution is 0.463. The van der Waals surface area contributed by atoms with Crippen LogP contribution in [0.1, 0.15) is 27.7 Å². The van der Waals surface area contributed by atoms with Crippen LogP contribution in [-0.2, 0) is 20.1 Å². The lowest BCUT2D eigenvalue weighted by atomic mass is 9.93. The molecule has 0 unspecified atom stereocenters. The minimum absolute atomic E-state index is 0.0932. The minimum atomic E-state index is -5.12. The monoisotopic (exact) mass is 633 g/mol. The topological polar surface area (TPSA) is 123 Å². The molecule has 9 nitrogen and oxygen atoms in total. The van der Waals surface area contributed by atoms with Crippen LogP contribution in [0.15, 0.2) is 99.1 Å². The Morgan fingerprint density at radius 1 is 0.795 bits per heavy atom. The number of benzene rings is 4. The van der Waals surface area contributed by atoms with Crippen molar-refractivity contribution in [2.75, 3.05) is 35.8 Å². The van der Waals surface area contributed by atoms with E-state index in [1.165, 1.54) is 12.1 Å². The van der Waals surface area contributed by atoms with Crippen molar-refractivity contribution in [2.24, 2.45) is 0 Å². The average molecular weight is 634 g/mol. The van der Waals surface area contributed by atoms with Gasteiger partial charge in [0.2, 0.25) is 5.36 Å². The van der Waals surface area contributed by atoms with E-state index in [-0.39, 0.29) is 10.5 Å². The fraction of sp³-hybridized carbons (Fsp3) is 0.242. The molecule has 2 aliphatic rings. The third kappa shape index (κ3) is 6.08. The van der Waals surface area contributed by atoms with Crippen LogP contribution in [0, 0.1) is 0 Å². The van der Waals surface area contributed by atoms with Gasteiger partial charge in [0, 0.05) is 58.7 Å². The molecule has 0 aromatic heterocycles. The van der Waals surface area contributed by atoms with Crippen LogP contribution in [0.4, 0.5) is 11.4 Å². The molecule has 0 fully saturated rings. The molecule has 1 aliphatic carbocycles.